The van der Waals surface area contributed by atoms with Crippen molar-refractivity contribution in [3.8, 4) is 5.69 Å². The van der Waals surface area contributed by atoms with Gasteiger partial charge in [0.15, 0.2) is 0 Å². The summed E-state index contributed by atoms with van der Waals surface area (Å²) in [6, 6.07) is 18.0. The molecule has 0 bridgehead atoms. The Balaban J connectivity index is 1.54. The Bertz CT molecular complexity index is 880. The van der Waals surface area contributed by atoms with Crippen molar-refractivity contribution in [1.82, 2.24) is 15.1 Å². The Hall–Kier alpha value is -3.34. The maximum absolute atomic E-state index is 12.0. The third-order valence-corrected chi connectivity index (χ3v) is 3.97. The standard InChI is InChI=1S/C21H22N4O/c1-24(2)19-11-8-17(9-12-19)14-22-21(26)13-10-18-15-23-25(16-18)20-6-4-3-5-7-20/h3-13,15-16H,14H2,1-2H3,(H,22,26)/b13-10+. The number of hydrogen-bond acceptors (Lipinski definition) is 3. The molecule has 132 valence electrons. The smallest absolute Gasteiger partial charge is 0.244 e. The molecule has 0 spiro atoms. The summed E-state index contributed by atoms with van der Waals surface area (Å²) in [5, 5.41) is 7.20. The molecule has 0 saturated heterocycles. The number of benzene rings is 2. The predicted octanol–water partition coefficient (Wildman–Crippen LogP) is 3.27. The number of carbonyl (C=O) groups is 1. The first-order valence-electron chi connectivity index (χ1n) is 8.44. The molecule has 1 amide bonds. The molecule has 1 heterocycles. The molecular weight excluding hydrogens is 324 g/mol. The van der Waals surface area contributed by atoms with Crippen LogP contribution in [0, 0.1) is 0 Å². The summed E-state index contributed by atoms with van der Waals surface area (Å²) < 4.78 is 1.78. The van der Waals surface area contributed by atoms with Gasteiger partial charge in [0.25, 0.3) is 0 Å². The monoisotopic (exact) mass is 346 g/mol. The van der Waals surface area contributed by atoms with E-state index in [4.69, 9.17) is 0 Å². The molecule has 0 aliphatic heterocycles. The number of rotatable bonds is 6. The molecule has 5 heteroatoms. The van der Waals surface area contributed by atoms with Crippen molar-refractivity contribution >= 4 is 17.7 Å². The second kappa shape index (κ2) is 8.16. The molecule has 1 aromatic heterocycles. The minimum atomic E-state index is -0.130. The Morgan fingerprint density at radius 1 is 1.12 bits per heavy atom. The zero-order valence-corrected chi connectivity index (χ0v) is 15.0. The fraction of sp³-hybridized carbons (Fsp3) is 0.143. The molecule has 0 radical (unpaired) electrons. The van der Waals surface area contributed by atoms with Gasteiger partial charge in [0, 0.05) is 44.2 Å². The molecule has 1 N–H and O–H groups in total. The highest BCUT2D eigenvalue weighted by molar-refractivity contribution is 5.91. The second-order valence-corrected chi connectivity index (χ2v) is 6.17. The average molecular weight is 346 g/mol. The van der Waals surface area contributed by atoms with Crippen LogP contribution in [0.2, 0.25) is 0 Å². The van der Waals surface area contributed by atoms with E-state index < -0.39 is 0 Å². The molecule has 0 saturated carbocycles. The fourth-order valence-corrected chi connectivity index (χ4v) is 2.48. The Kier molecular flexibility index (Phi) is 5.49. The number of amides is 1. The lowest BCUT2D eigenvalue weighted by atomic mass is 10.2. The summed E-state index contributed by atoms with van der Waals surface area (Å²) >= 11 is 0. The van der Waals surface area contributed by atoms with E-state index in [1.54, 1.807) is 17.0 Å². The van der Waals surface area contributed by atoms with Crippen LogP contribution >= 0.6 is 0 Å². The van der Waals surface area contributed by atoms with Crippen LogP contribution < -0.4 is 10.2 Å². The normalized spacial score (nSPS) is 10.8. The zero-order chi connectivity index (χ0) is 18.4. The van der Waals surface area contributed by atoms with Crippen LogP contribution in [0.25, 0.3) is 11.8 Å². The summed E-state index contributed by atoms with van der Waals surface area (Å²) in [5.41, 5.74) is 4.06. The molecule has 0 fully saturated rings. The van der Waals surface area contributed by atoms with Crippen molar-refractivity contribution in [3.05, 3.63) is 84.2 Å². The maximum atomic E-state index is 12.0. The molecular formula is C21H22N4O. The number of anilines is 1. The lowest BCUT2D eigenvalue weighted by molar-refractivity contribution is -0.116. The van der Waals surface area contributed by atoms with Crippen molar-refractivity contribution in [2.24, 2.45) is 0 Å². The third-order valence-electron chi connectivity index (χ3n) is 3.97. The Morgan fingerprint density at radius 3 is 2.54 bits per heavy atom. The van der Waals surface area contributed by atoms with Gasteiger partial charge >= 0.3 is 0 Å². The van der Waals surface area contributed by atoms with Crippen LogP contribution in [0.1, 0.15) is 11.1 Å². The number of nitrogens with one attached hydrogen (secondary N) is 1. The molecule has 0 atom stereocenters. The van der Waals surface area contributed by atoms with Crippen molar-refractivity contribution in [1.29, 1.82) is 0 Å². The second-order valence-electron chi connectivity index (χ2n) is 6.17. The molecule has 0 aliphatic rings. The van der Waals surface area contributed by atoms with Gasteiger partial charge in [-0.05, 0) is 35.9 Å². The van der Waals surface area contributed by atoms with Gasteiger partial charge in [-0.1, -0.05) is 30.3 Å². The Labute approximate surface area is 153 Å². The number of nitrogens with zero attached hydrogens (tertiary/aromatic N) is 3. The minimum Gasteiger partial charge on any atom is -0.378 e. The highest BCUT2D eigenvalue weighted by Gasteiger charge is 2.01. The number of para-hydroxylation sites is 1. The highest BCUT2D eigenvalue weighted by Crippen LogP contribution is 2.12. The first-order valence-corrected chi connectivity index (χ1v) is 8.44. The SMILES string of the molecule is CN(C)c1ccc(CNC(=O)/C=C/c2cnn(-c3ccccc3)c2)cc1. The van der Waals surface area contributed by atoms with E-state index in [1.807, 2.05) is 79.8 Å². The van der Waals surface area contributed by atoms with Gasteiger partial charge in [0.1, 0.15) is 0 Å². The van der Waals surface area contributed by atoms with E-state index in [1.165, 1.54) is 6.08 Å². The van der Waals surface area contributed by atoms with E-state index in [0.29, 0.717) is 6.54 Å². The zero-order valence-electron chi connectivity index (χ0n) is 15.0. The first-order chi connectivity index (χ1) is 12.6. The maximum Gasteiger partial charge on any atom is 0.244 e. The lowest BCUT2D eigenvalue weighted by Gasteiger charge is -2.12. The average Bonchev–Trinajstić information content (AvgIpc) is 3.15. The van der Waals surface area contributed by atoms with Crippen molar-refractivity contribution in [2.75, 3.05) is 19.0 Å². The summed E-state index contributed by atoms with van der Waals surface area (Å²) in [6.45, 7) is 0.500. The van der Waals surface area contributed by atoms with Gasteiger partial charge in [-0.15, -0.1) is 0 Å². The molecule has 3 aromatic rings. The lowest BCUT2D eigenvalue weighted by Crippen LogP contribution is -2.20. The summed E-state index contributed by atoms with van der Waals surface area (Å²) in [7, 11) is 4.00. The summed E-state index contributed by atoms with van der Waals surface area (Å²) in [5.74, 6) is -0.130. The molecule has 2 aromatic carbocycles. The largest absolute Gasteiger partial charge is 0.378 e. The topological polar surface area (TPSA) is 50.2 Å². The van der Waals surface area contributed by atoms with Crippen LogP contribution in [0.3, 0.4) is 0 Å². The van der Waals surface area contributed by atoms with Crippen molar-refractivity contribution in [3.63, 3.8) is 0 Å². The van der Waals surface area contributed by atoms with Crippen LogP contribution in [0.5, 0.6) is 0 Å². The number of carbonyl (C=O) groups excluding carboxylic acids is 1. The van der Waals surface area contributed by atoms with Crippen LogP contribution in [-0.2, 0) is 11.3 Å². The predicted molar refractivity (Wildman–Crippen MR) is 105 cm³/mol. The highest BCUT2D eigenvalue weighted by atomic mass is 16.1. The van der Waals surface area contributed by atoms with E-state index in [0.717, 1.165) is 22.5 Å². The molecule has 26 heavy (non-hydrogen) atoms. The fourth-order valence-electron chi connectivity index (χ4n) is 2.48. The van der Waals surface area contributed by atoms with E-state index in [-0.39, 0.29) is 5.91 Å². The van der Waals surface area contributed by atoms with Gasteiger partial charge in [-0.25, -0.2) is 4.68 Å². The molecule has 5 nitrogen and oxygen atoms in total. The van der Waals surface area contributed by atoms with Crippen molar-refractivity contribution in [2.45, 2.75) is 6.54 Å². The molecule has 0 unspecified atom stereocenters. The van der Waals surface area contributed by atoms with Crippen molar-refractivity contribution < 1.29 is 4.79 Å². The molecule has 3 rings (SSSR count). The van der Waals surface area contributed by atoms with E-state index >= 15 is 0 Å². The molecule has 0 aliphatic carbocycles. The number of hydrogen-bond donors (Lipinski definition) is 1. The summed E-state index contributed by atoms with van der Waals surface area (Å²) in [4.78, 5) is 14.1. The van der Waals surface area contributed by atoms with Gasteiger partial charge in [0.2, 0.25) is 5.91 Å². The Morgan fingerprint density at radius 2 is 1.85 bits per heavy atom. The quantitative estimate of drug-likeness (QED) is 0.697. The van der Waals surface area contributed by atoms with Crippen LogP contribution in [0.4, 0.5) is 5.69 Å². The van der Waals surface area contributed by atoms with Gasteiger partial charge in [0.05, 0.1) is 11.9 Å². The van der Waals surface area contributed by atoms with Gasteiger partial charge in [-0.2, -0.15) is 5.10 Å². The van der Waals surface area contributed by atoms with E-state index in [9.17, 15) is 4.79 Å². The third kappa shape index (κ3) is 4.60. The van der Waals surface area contributed by atoms with Gasteiger partial charge < -0.3 is 10.2 Å². The number of aromatic nitrogens is 2. The van der Waals surface area contributed by atoms with Crippen LogP contribution in [-0.4, -0.2) is 29.8 Å². The van der Waals surface area contributed by atoms with Crippen LogP contribution in [0.15, 0.2) is 73.1 Å². The van der Waals surface area contributed by atoms with E-state index in [2.05, 4.69) is 10.4 Å². The first kappa shape index (κ1) is 17.5. The summed E-state index contributed by atoms with van der Waals surface area (Å²) in [6.07, 6.45) is 6.91. The van der Waals surface area contributed by atoms with Gasteiger partial charge in [-0.3, -0.25) is 4.79 Å². The minimum absolute atomic E-state index is 0.130.